The van der Waals surface area contributed by atoms with Crippen molar-refractivity contribution in [2.45, 2.75) is 17.4 Å². The van der Waals surface area contributed by atoms with Crippen LogP contribution in [0.4, 0.5) is 0 Å². The molecule has 3 rings (SSSR count). The van der Waals surface area contributed by atoms with Crippen molar-refractivity contribution in [1.82, 2.24) is 9.29 Å². The number of sulfonamides is 1. The molecule has 2 heterocycles. The highest BCUT2D eigenvalue weighted by atomic mass is 32.2. The minimum atomic E-state index is -3.55. The van der Waals surface area contributed by atoms with E-state index in [0.29, 0.717) is 18.4 Å². The Balaban J connectivity index is 2.14. The highest BCUT2D eigenvalue weighted by Crippen LogP contribution is 2.27. The normalized spacial score (nSPS) is 21.0. The Morgan fingerprint density at radius 3 is 2.89 bits per heavy atom. The Labute approximate surface area is 111 Å². The summed E-state index contributed by atoms with van der Waals surface area (Å²) >= 11 is 0. The van der Waals surface area contributed by atoms with Gasteiger partial charge in [0.2, 0.25) is 10.0 Å². The van der Waals surface area contributed by atoms with E-state index in [2.05, 4.69) is 4.98 Å². The number of fused-ring (bicyclic) bond motifs is 1. The van der Waals surface area contributed by atoms with Gasteiger partial charge in [-0.05, 0) is 18.6 Å². The van der Waals surface area contributed by atoms with Gasteiger partial charge in [-0.1, -0.05) is 12.1 Å². The number of hydrogen-bond donors (Lipinski definition) is 1. The number of aliphatic hydroxyl groups excluding tert-OH is 1. The first kappa shape index (κ1) is 12.5. The fourth-order valence-corrected chi connectivity index (χ4v) is 4.09. The van der Waals surface area contributed by atoms with Crippen LogP contribution in [0.3, 0.4) is 0 Å². The number of nitrogens with zero attached hydrogens (tertiary/aromatic N) is 2. The van der Waals surface area contributed by atoms with Crippen LogP contribution in [0.5, 0.6) is 0 Å². The molecule has 0 radical (unpaired) electrons. The Morgan fingerprint density at radius 1 is 1.32 bits per heavy atom. The van der Waals surface area contributed by atoms with E-state index in [1.165, 1.54) is 4.31 Å². The summed E-state index contributed by atoms with van der Waals surface area (Å²) in [5.74, 6) is 0. The van der Waals surface area contributed by atoms with E-state index in [0.717, 1.165) is 5.39 Å². The topological polar surface area (TPSA) is 70.5 Å². The predicted molar refractivity (Wildman–Crippen MR) is 71.1 cm³/mol. The van der Waals surface area contributed by atoms with Crippen LogP contribution in [0, 0.1) is 0 Å². The summed E-state index contributed by atoms with van der Waals surface area (Å²) < 4.78 is 26.5. The molecule has 1 unspecified atom stereocenters. The molecule has 0 bridgehead atoms. The van der Waals surface area contributed by atoms with Crippen molar-refractivity contribution in [3.8, 4) is 0 Å². The summed E-state index contributed by atoms with van der Waals surface area (Å²) in [6.07, 6.45) is 3.16. The molecule has 1 aliphatic heterocycles. The number of β-amino-alcohol motifs (C(OH)–C–C–N with tert-alkyl or cyclic N) is 1. The number of rotatable bonds is 2. The van der Waals surface area contributed by atoms with Gasteiger partial charge in [-0.3, -0.25) is 4.98 Å². The number of hydrogen-bond acceptors (Lipinski definition) is 4. The van der Waals surface area contributed by atoms with Gasteiger partial charge in [-0.15, -0.1) is 0 Å². The fourth-order valence-electron chi connectivity index (χ4n) is 2.39. The molecule has 0 saturated carbocycles. The highest BCUT2D eigenvalue weighted by Gasteiger charge is 2.32. The zero-order valence-corrected chi connectivity index (χ0v) is 11.0. The third kappa shape index (κ3) is 2.11. The second kappa shape index (κ2) is 4.56. The Bertz CT molecular complexity index is 709. The van der Waals surface area contributed by atoms with Gasteiger partial charge >= 0.3 is 0 Å². The molecule has 2 aromatic rings. The second-order valence-corrected chi connectivity index (χ2v) is 6.56. The summed E-state index contributed by atoms with van der Waals surface area (Å²) in [7, 11) is -3.55. The maximum Gasteiger partial charge on any atom is 0.243 e. The Kier molecular flexibility index (Phi) is 3.00. The molecule has 1 N–H and O–H groups in total. The van der Waals surface area contributed by atoms with Gasteiger partial charge in [0.15, 0.2) is 0 Å². The average Bonchev–Trinajstić information content (AvgIpc) is 2.85. The van der Waals surface area contributed by atoms with Crippen molar-refractivity contribution in [3.63, 3.8) is 0 Å². The van der Waals surface area contributed by atoms with Crippen LogP contribution >= 0.6 is 0 Å². The maximum absolute atomic E-state index is 12.6. The number of aromatic nitrogens is 1. The number of aliphatic hydroxyl groups is 1. The van der Waals surface area contributed by atoms with Crippen LogP contribution in [0.2, 0.25) is 0 Å². The quantitative estimate of drug-likeness (QED) is 0.889. The minimum absolute atomic E-state index is 0.170. The van der Waals surface area contributed by atoms with Gasteiger partial charge in [0, 0.05) is 36.3 Å². The van der Waals surface area contributed by atoms with Crippen molar-refractivity contribution in [2.75, 3.05) is 13.1 Å². The maximum atomic E-state index is 12.6. The smallest absolute Gasteiger partial charge is 0.243 e. The van der Waals surface area contributed by atoms with E-state index >= 15 is 0 Å². The van der Waals surface area contributed by atoms with Crippen LogP contribution in [0.25, 0.3) is 10.8 Å². The molecule has 1 fully saturated rings. The van der Waals surface area contributed by atoms with Gasteiger partial charge in [0.05, 0.1) is 11.0 Å². The van der Waals surface area contributed by atoms with Crippen molar-refractivity contribution in [2.24, 2.45) is 0 Å². The molecule has 0 spiro atoms. The van der Waals surface area contributed by atoms with Crippen molar-refractivity contribution < 1.29 is 13.5 Å². The molecular weight excluding hydrogens is 264 g/mol. The molecule has 5 nitrogen and oxygen atoms in total. The molecule has 0 amide bonds. The summed E-state index contributed by atoms with van der Waals surface area (Å²) in [5.41, 5.74) is 0. The first-order valence-electron chi connectivity index (χ1n) is 6.10. The van der Waals surface area contributed by atoms with E-state index in [1.54, 1.807) is 30.6 Å². The lowest BCUT2D eigenvalue weighted by Crippen LogP contribution is -2.29. The molecule has 1 aromatic carbocycles. The third-order valence-electron chi connectivity index (χ3n) is 3.38. The third-order valence-corrected chi connectivity index (χ3v) is 5.31. The molecule has 19 heavy (non-hydrogen) atoms. The molecule has 1 saturated heterocycles. The minimum Gasteiger partial charge on any atom is -0.392 e. The monoisotopic (exact) mass is 278 g/mol. The van der Waals surface area contributed by atoms with Crippen LogP contribution in [0.15, 0.2) is 41.6 Å². The molecule has 6 heteroatoms. The lowest BCUT2D eigenvalue weighted by Gasteiger charge is -2.17. The number of pyridine rings is 1. The van der Waals surface area contributed by atoms with Crippen LogP contribution in [0.1, 0.15) is 6.42 Å². The first-order chi connectivity index (χ1) is 9.09. The van der Waals surface area contributed by atoms with E-state index in [4.69, 9.17) is 0 Å². The molecule has 0 aliphatic carbocycles. The molecule has 1 atom stereocenters. The second-order valence-electron chi connectivity index (χ2n) is 4.66. The van der Waals surface area contributed by atoms with Crippen molar-refractivity contribution in [1.29, 1.82) is 0 Å². The van der Waals surface area contributed by atoms with Crippen molar-refractivity contribution >= 4 is 20.8 Å². The van der Waals surface area contributed by atoms with Crippen LogP contribution in [-0.2, 0) is 10.0 Å². The molecular formula is C13H14N2O3S. The zero-order valence-electron chi connectivity index (χ0n) is 10.2. The van der Waals surface area contributed by atoms with Crippen molar-refractivity contribution in [3.05, 3.63) is 36.7 Å². The van der Waals surface area contributed by atoms with Gasteiger partial charge in [0.1, 0.15) is 0 Å². The molecule has 1 aliphatic rings. The fraction of sp³-hybridized carbons (Fsp3) is 0.308. The first-order valence-corrected chi connectivity index (χ1v) is 7.54. The van der Waals surface area contributed by atoms with Crippen LogP contribution in [-0.4, -0.2) is 42.0 Å². The lowest BCUT2D eigenvalue weighted by atomic mass is 10.2. The van der Waals surface area contributed by atoms with E-state index < -0.39 is 16.1 Å². The average molecular weight is 278 g/mol. The van der Waals surface area contributed by atoms with E-state index in [9.17, 15) is 13.5 Å². The van der Waals surface area contributed by atoms with Gasteiger partial charge in [-0.2, -0.15) is 4.31 Å². The highest BCUT2D eigenvalue weighted by molar-refractivity contribution is 7.89. The lowest BCUT2D eigenvalue weighted by molar-refractivity contribution is 0.189. The predicted octanol–water partition coefficient (Wildman–Crippen LogP) is 0.990. The van der Waals surface area contributed by atoms with E-state index in [-0.39, 0.29) is 11.4 Å². The summed E-state index contributed by atoms with van der Waals surface area (Å²) in [6, 6.07) is 6.85. The molecule has 100 valence electrons. The SMILES string of the molecule is O=S(=O)(c1cccc2cnccc12)N1CCC(O)C1. The van der Waals surface area contributed by atoms with Crippen LogP contribution < -0.4 is 0 Å². The number of benzene rings is 1. The summed E-state index contributed by atoms with van der Waals surface area (Å²) in [6.45, 7) is 0.536. The van der Waals surface area contributed by atoms with Gasteiger partial charge in [0.25, 0.3) is 0 Å². The standard InChI is InChI=1S/C13H14N2O3S/c16-11-5-7-15(9-11)19(17,18)13-3-1-2-10-8-14-6-4-12(10)13/h1-4,6,8,11,16H,5,7,9H2. The van der Waals surface area contributed by atoms with Gasteiger partial charge in [-0.25, -0.2) is 8.42 Å². The zero-order chi connectivity index (χ0) is 13.5. The Hall–Kier alpha value is -1.50. The largest absolute Gasteiger partial charge is 0.392 e. The Morgan fingerprint density at radius 2 is 2.16 bits per heavy atom. The van der Waals surface area contributed by atoms with E-state index in [1.807, 2.05) is 6.07 Å². The molecule has 1 aromatic heterocycles. The van der Waals surface area contributed by atoms with Gasteiger partial charge < -0.3 is 5.11 Å². The summed E-state index contributed by atoms with van der Waals surface area (Å²) in [5, 5.41) is 11.0. The summed E-state index contributed by atoms with van der Waals surface area (Å²) in [4.78, 5) is 4.28.